The highest BCUT2D eigenvalue weighted by Gasteiger charge is 2.30. The lowest BCUT2D eigenvalue weighted by atomic mass is 9.96. The van der Waals surface area contributed by atoms with E-state index in [1.165, 1.54) is 5.56 Å². The highest BCUT2D eigenvalue weighted by molar-refractivity contribution is 5.96. The lowest BCUT2D eigenvalue weighted by Gasteiger charge is -2.19. The normalized spacial score (nSPS) is 19.5. The summed E-state index contributed by atoms with van der Waals surface area (Å²) in [6.07, 6.45) is 0.770. The Hall–Kier alpha value is -2.66. The number of hydrogen-bond acceptors (Lipinski definition) is 4. The van der Waals surface area contributed by atoms with E-state index in [-0.39, 0.29) is 17.9 Å². The van der Waals surface area contributed by atoms with Crippen LogP contribution in [0.15, 0.2) is 54.6 Å². The molecular weight excluding hydrogens is 340 g/mol. The molecule has 0 saturated carbocycles. The Morgan fingerprint density at radius 2 is 1.70 bits per heavy atom. The molecule has 2 N–H and O–H groups in total. The summed E-state index contributed by atoms with van der Waals surface area (Å²) in [6, 6.07) is 16.8. The maximum Gasteiger partial charge on any atom is 0.338 e. The second kappa shape index (κ2) is 7.92. The van der Waals surface area contributed by atoms with Crippen molar-refractivity contribution in [2.75, 3.05) is 11.9 Å². The number of carbonyl (C=O) groups is 2. The minimum Gasteiger partial charge on any atom is -0.456 e. The molecule has 0 aliphatic carbocycles. The summed E-state index contributed by atoms with van der Waals surface area (Å²) in [5.41, 5.74) is 1.85. The lowest BCUT2D eigenvalue weighted by Crippen LogP contribution is -2.35. The predicted octanol–water partition coefficient (Wildman–Crippen LogP) is 3.73. The largest absolute Gasteiger partial charge is 0.456 e. The van der Waals surface area contributed by atoms with Crippen LogP contribution in [0, 0.1) is 0 Å². The van der Waals surface area contributed by atoms with Gasteiger partial charge in [-0.15, -0.1) is 0 Å². The third-order valence-electron chi connectivity index (χ3n) is 4.51. The van der Waals surface area contributed by atoms with E-state index in [0.29, 0.717) is 17.2 Å². The summed E-state index contributed by atoms with van der Waals surface area (Å²) in [5.74, 6) is -0.0847. The molecule has 0 bridgehead atoms. The Bertz CT molecular complexity index is 795. The van der Waals surface area contributed by atoms with Crippen molar-refractivity contribution in [2.45, 2.75) is 44.8 Å². The number of esters is 1. The molecule has 5 nitrogen and oxygen atoms in total. The molecule has 1 aliphatic rings. The predicted molar refractivity (Wildman–Crippen MR) is 106 cm³/mol. The Kier molecular flexibility index (Phi) is 5.61. The average Bonchev–Trinajstić information content (AvgIpc) is 3.12. The molecule has 1 aliphatic heterocycles. The summed E-state index contributed by atoms with van der Waals surface area (Å²) in [5, 5.41) is 6.21. The van der Waals surface area contributed by atoms with Crippen LogP contribution in [0.1, 0.15) is 49.0 Å². The molecule has 3 rings (SSSR count). The van der Waals surface area contributed by atoms with Crippen molar-refractivity contribution in [3.8, 4) is 0 Å². The average molecular weight is 366 g/mol. The van der Waals surface area contributed by atoms with E-state index in [1.807, 2.05) is 39.0 Å². The van der Waals surface area contributed by atoms with Crippen molar-refractivity contribution >= 4 is 17.6 Å². The number of hydrogen-bond donors (Lipinski definition) is 2. The molecule has 2 atom stereocenters. The minimum absolute atomic E-state index is 0.0570. The fourth-order valence-electron chi connectivity index (χ4n) is 3.17. The number of carbonyl (C=O) groups excluding carboxylic acids is 2. The molecule has 1 saturated heterocycles. The topological polar surface area (TPSA) is 67.4 Å². The van der Waals surface area contributed by atoms with Gasteiger partial charge in [-0.2, -0.15) is 0 Å². The van der Waals surface area contributed by atoms with Crippen LogP contribution in [0.4, 0.5) is 5.69 Å². The third-order valence-corrected chi connectivity index (χ3v) is 4.51. The molecule has 0 spiro atoms. The quantitative estimate of drug-likeness (QED) is 0.809. The number of rotatable bonds is 4. The van der Waals surface area contributed by atoms with Gasteiger partial charge in [0.25, 0.3) is 0 Å². The fraction of sp³-hybridized carbons (Fsp3) is 0.364. The zero-order chi connectivity index (χ0) is 19.4. The molecule has 0 aromatic heterocycles. The van der Waals surface area contributed by atoms with Crippen molar-refractivity contribution in [2.24, 2.45) is 0 Å². The van der Waals surface area contributed by atoms with Gasteiger partial charge in [-0.1, -0.05) is 30.3 Å². The first-order valence-corrected chi connectivity index (χ1v) is 9.24. The van der Waals surface area contributed by atoms with Crippen molar-refractivity contribution in [3.63, 3.8) is 0 Å². The van der Waals surface area contributed by atoms with Gasteiger partial charge in [-0.3, -0.25) is 4.79 Å². The van der Waals surface area contributed by atoms with Crippen molar-refractivity contribution < 1.29 is 14.3 Å². The van der Waals surface area contributed by atoms with Gasteiger partial charge in [-0.05, 0) is 62.9 Å². The minimum atomic E-state index is -0.534. The molecular formula is C22H26N2O3. The molecule has 142 valence electrons. The summed E-state index contributed by atoms with van der Waals surface area (Å²) >= 11 is 0. The molecule has 5 heteroatoms. The SMILES string of the molecule is CC(C)(C)OC(=O)c1ccc(NC(=O)C2CC(c3ccccc3)CN2)cc1. The molecule has 2 aromatic carbocycles. The Balaban J connectivity index is 1.56. The van der Waals surface area contributed by atoms with Gasteiger partial charge in [-0.25, -0.2) is 4.79 Å². The van der Waals surface area contributed by atoms with Crippen LogP contribution in [0.3, 0.4) is 0 Å². The second-order valence-corrected chi connectivity index (χ2v) is 7.87. The van der Waals surface area contributed by atoms with Gasteiger partial charge in [0.05, 0.1) is 11.6 Å². The van der Waals surface area contributed by atoms with Gasteiger partial charge >= 0.3 is 5.97 Å². The molecule has 2 unspecified atom stereocenters. The second-order valence-electron chi connectivity index (χ2n) is 7.87. The summed E-state index contributed by atoms with van der Waals surface area (Å²) in [6.45, 7) is 6.28. The van der Waals surface area contributed by atoms with E-state index in [0.717, 1.165) is 13.0 Å². The first-order valence-electron chi connectivity index (χ1n) is 9.24. The number of ether oxygens (including phenoxy) is 1. The van der Waals surface area contributed by atoms with Crippen LogP contribution in [-0.4, -0.2) is 30.1 Å². The van der Waals surface area contributed by atoms with E-state index in [2.05, 4.69) is 22.8 Å². The van der Waals surface area contributed by atoms with Crippen LogP contribution in [0.5, 0.6) is 0 Å². The van der Waals surface area contributed by atoms with Crippen LogP contribution < -0.4 is 10.6 Å². The third kappa shape index (κ3) is 5.17. The Morgan fingerprint density at radius 1 is 1.04 bits per heavy atom. The first kappa shape index (κ1) is 19.1. The van der Waals surface area contributed by atoms with E-state index in [1.54, 1.807) is 24.3 Å². The van der Waals surface area contributed by atoms with Gasteiger partial charge in [0.15, 0.2) is 0 Å². The monoisotopic (exact) mass is 366 g/mol. The van der Waals surface area contributed by atoms with Crippen LogP contribution >= 0.6 is 0 Å². The number of benzene rings is 2. The van der Waals surface area contributed by atoms with Crippen molar-refractivity contribution in [1.82, 2.24) is 5.32 Å². The Morgan fingerprint density at radius 3 is 2.33 bits per heavy atom. The summed E-state index contributed by atoms with van der Waals surface area (Å²) < 4.78 is 5.34. The Labute approximate surface area is 160 Å². The van der Waals surface area contributed by atoms with Crippen molar-refractivity contribution in [3.05, 3.63) is 65.7 Å². The highest BCUT2D eigenvalue weighted by atomic mass is 16.6. The van der Waals surface area contributed by atoms with Crippen molar-refractivity contribution in [1.29, 1.82) is 0 Å². The van der Waals surface area contributed by atoms with Gasteiger partial charge < -0.3 is 15.4 Å². The summed E-state index contributed by atoms with van der Waals surface area (Å²) in [7, 11) is 0. The van der Waals surface area contributed by atoms with Crippen LogP contribution in [-0.2, 0) is 9.53 Å². The molecule has 0 radical (unpaired) electrons. The zero-order valence-electron chi connectivity index (χ0n) is 16.0. The number of nitrogens with one attached hydrogen (secondary N) is 2. The molecule has 1 fully saturated rings. The fourth-order valence-corrected chi connectivity index (χ4v) is 3.17. The van der Waals surface area contributed by atoms with Crippen LogP contribution in [0.2, 0.25) is 0 Å². The number of anilines is 1. The maximum absolute atomic E-state index is 12.5. The van der Waals surface area contributed by atoms with E-state index in [9.17, 15) is 9.59 Å². The number of amides is 1. The van der Waals surface area contributed by atoms with E-state index < -0.39 is 5.60 Å². The standard InChI is InChI=1S/C22H26N2O3/c1-22(2,3)27-21(26)16-9-11-18(12-10-16)24-20(25)19-13-17(14-23-19)15-7-5-4-6-8-15/h4-12,17,19,23H,13-14H2,1-3H3,(H,24,25). The summed E-state index contributed by atoms with van der Waals surface area (Å²) in [4.78, 5) is 24.6. The smallest absolute Gasteiger partial charge is 0.338 e. The van der Waals surface area contributed by atoms with Gasteiger partial charge in [0, 0.05) is 12.2 Å². The van der Waals surface area contributed by atoms with Gasteiger partial charge in [0.1, 0.15) is 5.60 Å². The highest BCUT2D eigenvalue weighted by Crippen LogP contribution is 2.26. The molecule has 1 amide bonds. The van der Waals surface area contributed by atoms with E-state index in [4.69, 9.17) is 4.74 Å². The van der Waals surface area contributed by atoms with Crippen LogP contribution in [0.25, 0.3) is 0 Å². The first-order chi connectivity index (χ1) is 12.8. The molecule has 2 aromatic rings. The zero-order valence-corrected chi connectivity index (χ0v) is 16.0. The maximum atomic E-state index is 12.5. The van der Waals surface area contributed by atoms with E-state index >= 15 is 0 Å². The molecule has 27 heavy (non-hydrogen) atoms. The molecule has 1 heterocycles. The lowest BCUT2D eigenvalue weighted by molar-refractivity contribution is -0.117. The van der Waals surface area contributed by atoms with Gasteiger partial charge in [0.2, 0.25) is 5.91 Å².